The number of hydrogen-bond acceptors (Lipinski definition) is 5. The number of nitrogens with two attached hydrogens (primary N) is 2. The van der Waals surface area contributed by atoms with Gasteiger partial charge in [-0.05, 0) is 0 Å². The van der Waals surface area contributed by atoms with Crippen LogP contribution in [0.5, 0.6) is 0 Å². The second-order valence-electron chi connectivity index (χ2n) is 5.20. The first-order valence-electron chi connectivity index (χ1n) is 6.98. The number of carbonyl (C=O) groups is 3. The number of nitriles is 1. The molecule has 2 aromatic rings. The van der Waals surface area contributed by atoms with E-state index in [1.54, 1.807) is 30.3 Å². The zero-order chi connectivity index (χ0) is 17.4. The monoisotopic (exact) mass is 317 g/mol. The van der Waals surface area contributed by atoms with Crippen LogP contribution in [0.25, 0.3) is 5.70 Å². The summed E-state index contributed by atoms with van der Waals surface area (Å²) in [5.74, 6) is -1.70. The summed E-state index contributed by atoms with van der Waals surface area (Å²) in [5, 5.41) is 9.07. The number of ketones is 2. The molecule has 6 nitrogen and oxygen atoms in total. The van der Waals surface area contributed by atoms with Gasteiger partial charge in [0.25, 0.3) is 5.91 Å². The molecule has 2 aromatic carbocycles. The highest BCUT2D eigenvalue weighted by Gasteiger charge is 2.32. The second-order valence-corrected chi connectivity index (χ2v) is 5.20. The molecule has 0 bridgehead atoms. The molecule has 24 heavy (non-hydrogen) atoms. The largest absolute Gasteiger partial charge is 0.397 e. The van der Waals surface area contributed by atoms with Crippen molar-refractivity contribution in [1.82, 2.24) is 0 Å². The van der Waals surface area contributed by atoms with Gasteiger partial charge in [-0.15, -0.1) is 0 Å². The van der Waals surface area contributed by atoms with Crippen LogP contribution in [0.4, 0.5) is 0 Å². The molecule has 0 saturated carbocycles. The molecule has 0 spiro atoms. The maximum atomic E-state index is 12.8. The first kappa shape index (κ1) is 15.2. The van der Waals surface area contributed by atoms with Gasteiger partial charge in [-0.2, -0.15) is 5.26 Å². The maximum absolute atomic E-state index is 12.8. The Bertz CT molecular complexity index is 997. The van der Waals surface area contributed by atoms with Crippen molar-refractivity contribution >= 4 is 23.2 Å². The Kier molecular flexibility index (Phi) is 3.47. The Morgan fingerprint density at radius 3 is 2.04 bits per heavy atom. The van der Waals surface area contributed by atoms with Crippen LogP contribution in [0.15, 0.2) is 48.0 Å². The van der Waals surface area contributed by atoms with Crippen molar-refractivity contribution in [2.45, 2.75) is 0 Å². The zero-order valence-electron chi connectivity index (χ0n) is 12.4. The Morgan fingerprint density at radius 1 is 0.875 bits per heavy atom. The highest BCUT2D eigenvalue weighted by molar-refractivity contribution is 6.29. The molecule has 1 aliphatic rings. The Morgan fingerprint density at radius 2 is 1.46 bits per heavy atom. The molecule has 0 atom stereocenters. The van der Waals surface area contributed by atoms with Gasteiger partial charge in [0.1, 0.15) is 11.6 Å². The number of nitrogens with zero attached hydrogens (tertiary/aromatic N) is 1. The minimum atomic E-state index is -0.998. The summed E-state index contributed by atoms with van der Waals surface area (Å²) in [6.45, 7) is 0. The SMILES string of the molecule is N#CC(C(N)=O)=C(N)c1cccc2c1C(=O)c1ccccc1C2=O. The van der Waals surface area contributed by atoms with Crippen LogP contribution in [0.3, 0.4) is 0 Å². The van der Waals surface area contributed by atoms with E-state index in [9.17, 15) is 14.4 Å². The average Bonchev–Trinajstić information content (AvgIpc) is 2.59. The van der Waals surface area contributed by atoms with Gasteiger partial charge >= 0.3 is 0 Å². The van der Waals surface area contributed by atoms with Gasteiger partial charge in [-0.25, -0.2) is 0 Å². The van der Waals surface area contributed by atoms with E-state index in [0.29, 0.717) is 5.56 Å². The summed E-state index contributed by atoms with van der Waals surface area (Å²) in [5.41, 5.74) is 11.3. The number of carbonyl (C=O) groups excluding carboxylic acids is 3. The molecule has 0 aromatic heterocycles. The van der Waals surface area contributed by atoms with E-state index in [4.69, 9.17) is 16.7 Å². The summed E-state index contributed by atoms with van der Waals surface area (Å²) in [6, 6.07) is 12.6. The van der Waals surface area contributed by atoms with Crippen LogP contribution >= 0.6 is 0 Å². The van der Waals surface area contributed by atoms with Gasteiger partial charge in [0.15, 0.2) is 11.6 Å². The lowest BCUT2D eigenvalue weighted by Crippen LogP contribution is -2.24. The molecule has 1 aliphatic carbocycles. The molecule has 0 unspecified atom stereocenters. The predicted octanol–water partition coefficient (Wildman–Crippen LogP) is 1.14. The Labute approximate surface area is 137 Å². The van der Waals surface area contributed by atoms with E-state index in [0.717, 1.165) is 0 Å². The lowest BCUT2D eigenvalue weighted by Gasteiger charge is -2.20. The summed E-state index contributed by atoms with van der Waals surface area (Å²) >= 11 is 0. The summed E-state index contributed by atoms with van der Waals surface area (Å²) in [7, 11) is 0. The summed E-state index contributed by atoms with van der Waals surface area (Å²) in [4.78, 5) is 36.8. The minimum Gasteiger partial charge on any atom is -0.397 e. The fraction of sp³-hybridized carbons (Fsp3) is 0. The summed E-state index contributed by atoms with van der Waals surface area (Å²) < 4.78 is 0. The van der Waals surface area contributed by atoms with Gasteiger partial charge in [0.2, 0.25) is 0 Å². The van der Waals surface area contributed by atoms with Crippen molar-refractivity contribution in [3.8, 4) is 6.07 Å². The summed E-state index contributed by atoms with van der Waals surface area (Å²) in [6.07, 6.45) is 0. The molecule has 1 amide bonds. The van der Waals surface area contributed by atoms with Crippen LogP contribution in [-0.4, -0.2) is 17.5 Å². The number of fused-ring (bicyclic) bond motifs is 2. The molecule has 0 aliphatic heterocycles. The molecule has 0 fully saturated rings. The Hall–Kier alpha value is -3.72. The quantitative estimate of drug-likeness (QED) is 0.541. The fourth-order valence-electron chi connectivity index (χ4n) is 2.75. The zero-order valence-corrected chi connectivity index (χ0v) is 12.4. The minimum absolute atomic E-state index is 0.0766. The molecule has 4 N–H and O–H groups in total. The molecule has 0 radical (unpaired) electrons. The first-order valence-corrected chi connectivity index (χ1v) is 6.98. The van der Waals surface area contributed by atoms with Crippen molar-refractivity contribution < 1.29 is 14.4 Å². The number of rotatable bonds is 2. The third kappa shape index (κ3) is 2.08. The molecular formula is C18H11N3O3. The maximum Gasteiger partial charge on any atom is 0.261 e. The number of hydrogen-bond donors (Lipinski definition) is 2. The van der Waals surface area contributed by atoms with Crippen molar-refractivity contribution in [2.24, 2.45) is 11.5 Å². The van der Waals surface area contributed by atoms with Gasteiger partial charge in [-0.1, -0.05) is 42.5 Å². The third-order valence-electron chi connectivity index (χ3n) is 3.87. The predicted molar refractivity (Wildman–Crippen MR) is 85.7 cm³/mol. The van der Waals surface area contributed by atoms with Gasteiger partial charge in [-0.3, -0.25) is 14.4 Å². The van der Waals surface area contributed by atoms with Crippen LogP contribution in [-0.2, 0) is 4.79 Å². The van der Waals surface area contributed by atoms with Crippen LogP contribution in [0, 0.1) is 11.3 Å². The molecule has 116 valence electrons. The highest BCUT2D eigenvalue weighted by Crippen LogP contribution is 2.31. The smallest absolute Gasteiger partial charge is 0.261 e. The topological polar surface area (TPSA) is 127 Å². The number of amides is 1. The van der Waals surface area contributed by atoms with Gasteiger partial charge < -0.3 is 11.5 Å². The average molecular weight is 317 g/mol. The van der Waals surface area contributed by atoms with Crippen LogP contribution in [0.1, 0.15) is 37.4 Å². The standard InChI is InChI=1S/C18H11N3O3/c19-8-13(18(21)24)15(20)11-6-3-7-12-14(11)17(23)10-5-2-1-4-9(10)16(12)22/h1-7H,20H2,(H2,21,24). The second kappa shape index (κ2) is 5.48. The third-order valence-corrected chi connectivity index (χ3v) is 3.87. The van der Waals surface area contributed by atoms with Crippen molar-refractivity contribution in [3.63, 3.8) is 0 Å². The van der Waals surface area contributed by atoms with E-state index >= 15 is 0 Å². The van der Waals surface area contributed by atoms with E-state index < -0.39 is 11.5 Å². The molecule has 0 saturated heterocycles. The van der Waals surface area contributed by atoms with E-state index in [1.165, 1.54) is 18.2 Å². The van der Waals surface area contributed by atoms with Crippen LogP contribution < -0.4 is 11.5 Å². The molecular weight excluding hydrogens is 306 g/mol. The van der Waals surface area contributed by atoms with Crippen molar-refractivity contribution in [2.75, 3.05) is 0 Å². The lowest BCUT2D eigenvalue weighted by molar-refractivity contribution is -0.114. The molecule has 6 heteroatoms. The lowest BCUT2D eigenvalue weighted by atomic mass is 9.81. The highest BCUT2D eigenvalue weighted by atomic mass is 16.1. The normalized spacial score (nSPS) is 13.5. The number of primary amides is 1. The van der Waals surface area contributed by atoms with E-state index in [-0.39, 0.29) is 39.5 Å². The fourth-order valence-corrected chi connectivity index (χ4v) is 2.75. The van der Waals surface area contributed by atoms with Crippen LogP contribution in [0.2, 0.25) is 0 Å². The first-order chi connectivity index (χ1) is 11.5. The van der Waals surface area contributed by atoms with Gasteiger partial charge in [0, 0.05) is 27.8 Å². The van der Waals surface area contributed by atoms with E-state index in [2.05, 4.69) is 0 Å². The van der Waals surface area contributed by atoms with Crippen molar-refractivity contribution in [3.05, 3.63) is 75.9 Å². The van der Waals surface area contributed by atoms with E-state index in [1.807, 2.05) is 0 Å². The van der Waals surface area contributed by atoms with Crippen molar-refractivity contribution in [1.29, 1.82) is 5.26 Å². The molecule has 3 rings (SSSR count). The molecule has 0 heterocycles. The van der Waals surface area contributed by atoms with Gasteiger partial charge in [0.05, 0.1) is 5.70 Å². The number of benzene rings is 2. The Balaban J connectivity index is 2.33.